The summed E-state index contributed by atoms with van der Waals surface area (Å²) in [5, 5.41) is 5.71. The van der Waals surface area contributed by atoms with E-state index in [4.69, 9.17) is 9.47 Å². The maximum Gasteiger partial charge on any atom is 0.315 e. The first kappa shape index (κ1) is 19.3. The molecule has 0 saturated carbocycles. The molecule has 1 atom stereocenters. The van der Waals surface area contributed by atoms with Gasteiger partial charge in [-0.05, 0) is 43.5 Å². The Morgan fingerprint density at radius 2 is 2.04 bits per heavy atom. The number of nitrogens with one attached hydrogen (secondary N) is 2. The van der Waals surface area contributed by atoms with E-state index in [1.54, 1.807) is 19.0 Å². The van der Waals surface area contributed by atoms with Gasteiger partial charge in [-0.15, -0.1) is 0 Å². The molecule has 1 aromatic carbocycles. The Labute approximate surface area is 159 Å². The highest BCUT2D eigenvalue weighted by Gasteiger charge is 2.30. The Bertz CT molecular complexity index is 680. The smallest absolute Gasteiger partial charge is 0.315 e. The lowest BCUT2D eigenvalue weighted by molar-refractivity contribution is -0.133. The summed E-state index contributed by atoms with van der Waals surface area (Å²) in [5.74, 6) is 1.61. The fourth-order valence-electron chi connectivity index (χ4n) is 3.45. The molecule has 0 aromatic heterocycles. The van der Waals surface area contributed by atoms with E-state index in [1.807, 2.05) is 18.2 Å². The van der Waals surface area contributed by atoms with E-state index < -0.39 is 0 Å². The van der Waals surface area contributed by atoms with E-state index in [2.05, 4.69) is 15.5 Å². The van der Waals surface area contributed by atoms with Gasteiger partial charge in [0.05, 0.1) is 6.04 Å². The Hall–Kier alpha value is -2.48. The van der Waals surface area contributed by atoms with Crippen molar-refractivity contribution in [1.82, 2.24) is 20.4 Å². The number of ether oxygens (including phenoxy) is 2. The molecule has 1 saturated heterocycles. The fourth-order valence-corrected chi connectivity index (χ4v) is 3.45. The van der Waals surface area contributed by atoms with Gasteiger partial charge in [-0.2, -0.15) is 0 Å². The molecular formula is C19H28N4O4. The summed E-state index contributed by atoms with van der Waals surface area (Å²) in [6.45, 7) is 3.00. The average Bonchev–Trinajstić information content (AvgIpc) is 3.31. The number of amides is 3. The van der Waals surface area contributed by atoms with Crippen molar-refractivity contribution in [3.8, 4) is 11.5 Å². The number of hydrogen-bond donors (Lipinski definition) is 2. The van der Waals surface area contributed by atoms with Crippen LogP contribution >= 0.6 is 0 Å². The highest BCUT2D eigenvalue weighted by molar-refractivity contribution is 5.81. The van der Waals surface area contributed by atoms with Gasteiger partial charge in [-0.25, -0.2) is 4.79 Å². The van der Waals surface area contributed by atoms with Crippen LogP contribution in [0, 0.1) is 0 Å². The zero-order chi connectivity index (χ0) is 19.2. The Morgan fingerprint density at radius 3 is 2.85 bits per heavy atom. The van der Waals surface area contributed by atoms with Gasteiger partial charge < -0.3 is 25.0 Å². The summed E-state index contributed by atoms with van der Waals surface area (Å²) in [5.41, 5.74) is 0.955. The van der Waals surface area contributed by atoms with Crippen molar-refractivity contribution in [3.05, 3.63) is 23.8 Å². The van der Waals surface area contributed by atoms with Crippen LogP contribution in [0.3, 0.4) is 0 Å². The second kappa shape index (κ2) is 8.94. The van der Waals surface area contributed by atoms with Crippen LogP contribution < -0.4 is 20.1 Å². The molecule has 3 amide bonds. The van der Waals surface area contributed by atoms with Crippen molar-refractivity contribution in [2.45, 2.75) is 31.8 Å². The topological polar surface area (TPSA) is 83.1 Å². The minimum atomic E-state index is -0.199. The number of likely N-dealkylation sites (N-methyl/N-ethyl adjacent to an activating group) is 1. The SMILES string of the molecule is CN(C)C(=O)C1CCCN1CCCNC(=O)NCc1ccc2c(c1)OCO2. The van der Waals surface area contributed by atoms with E-state index >= 15 is 0 Å². The summed E-state index contributed by atoms with van der Waals surface area (Å²) in [6, 6.07) is 5.41. The molecule has 8 heteroatoms. The summed E-state index contributed by atoms with van der Waals surface area (Å²) < 4.78 is 10.6. The first-order chi connectivity index (χ1) is 13.0. The normalized spacial score (nSPS) is 18.4. The molecule has 2 heterocycles. The number of urea groups is 1. The minimum absolute atomic E-state index is 0.0140. The van der Waals surface area contributed by atoms with Gasteiger partial charge in [-0.3, -0.25) is 9.69 Å². The van der Waals surface area contributed by atoms with E-state index in [0.717, 1.165) is 43.7 Å². The number of rotatable bonds is 7. The van der Waals surface area contributed by atoms with Gasteiger partial charge in [0.25, 0.3) is 0 Å². The first-order valence-electron chi connectivity index (χ1n) is 9.40. The number of fused-ring (bicyclic) bond motifs is 1. The summed E-state index contributed by atoms with van der Waals surface area (Å²) in [4.78, 5) is 28.0. The number of nitrogens with zero attached hydrogens (tertiary/aromatic N) is 2. The number of benzene rings is 1. The number of likely N-dealkylation sites (tertiary alicyclic amines) is 1. The molecule has 3 rings (SSSR count). The van der Waals surface area contributed by atoms with Gasteiger partial charge in [0, 0.05) is 33.7 Å². The van der Waals surface area contributed by atoms with Crippen LogP contribution in [-0.4, -0.2) is 68.3 Å². The fraction of sp³-hybridized carbons (Fsp3) is 0.579. The molecule has 148 valence electrons. The maximum absolute atomic E-state index is 12.2. The van der Waals surface area contributed by atoms with Crippen molar-refractivity contribution in [2.75, 3.05) is 40.5 Å². The monoisotopic (exact) mass is 376 g/mol. The van der Waals surface area contributed by atoms with Crippen LogP contribution in [0.5, 0.6) is 11.5 Å². The highest BCUT2D eigenvalue weighted by Crippen LogP contribution is 2.32. The third-order valence-corrected chi connectivity index (χ3v) is 4.89. The molecule has 0 radical (unpaired) electrons. The van der Waals surface area contributed by atoms with Crippen molar-refractivity contribution in [2.24, 2.45) is 0 Å². The molecule has 0 aliphatic carbocycles. The predicted molar refractivity (Wildman–Crippen MR) is 101 cm³/mol. The Balaban J connectivity index is 1.33. The highest BCUT2D eigenvalue weighted by atomic mass is 16.7. The number of hydrogen-bond acceptors (Lipinski definition) is 5. The lowest BCUT2D eigenvalue weighted by atomic mass is 10.2. The van der Waals surface area contributed by atoms with E-state index in [9.17, 15) is 9.59 Å². The predicted octanol–water partition coefficient (Wildman–Crippen LogP) is 1.16. The Kier molecular flexibility index (Phi) is 6.39. The quantitative estimate of drug-likeness (QED) is 0.698. The van der Waals surface area contributed by atoms with Crippen LogP contribution in [-0.2, 0) is 11.3 Å². The zero-order valence-electron chi connectivity index (χ0n) is 16.0. The molecule has 2 aliphatic heterocycles. The van der Waals surface area contributed by atoms with Crippen LogP contribution in [0.4, 0.5) is 4.79 Å². The lowest BCUT2D eigenvalue weighted by Crippen LogP contribution is -2.43. The molecule has 0 bridgehead atoms. The van der Waals surface area contributed by atoms with E-state index in [0.29, 0.717) is 18.8 Å². The molecule has 1 unspecified atom stereocenters. The second-order valence-electron chi connectivity index (χ2n) is 7.08. The summed E-state index contributed by atoms with van der Waals surface area (Å²) in [7, 11) is 3.59. The Morgan fingerprint density at radius 1 is 1.22 bits per heavy atom. The molecule has 1 aromatic rings. The molecule has 1 fully saturated rings. The molecule has 2 aliphatic rings. The first-order valence-corrected chi connectivity index (χ1v) is 9.40. The van der Waals surface area contributed by atoms with Crippen LogP contribution in [0.1, 0.15) is 24.8 Å². The second-order valence-corrected chi connectivity index (χ2v) is 7.08. The van der Waals surface area contributed by atoms with Gasteiger partial charge in [0.1, 0.15) is 0 Å². The third kappa shape index (κ3) is 5.03. The standard InChI is InChI=1S/C19H28N4O4/c1-22(2)18(24)15-5-3-9-23(15)10-4-8-20-19(25)21-12-14-6-7-16-17(11-14)27-13-26-16/h6-7,11,15H,3-5,8-10,12-13H2,1-2H3,(H2,20,21,25). The van der Waals surface area contributed by atoms with E-state index in [1.165, 1.54) is 0 Å². The third-order valence-electron chi connectivity index (χ3n) is 4.89. The molecule has 0 spiro atoms. The van der Waals surface area contributed by atoms with Gasteiger partial charge in [0.2, 0.25) is 12.7 Å². The summed E-state index contributed by atoms with van der Waals surface area (Å²) in [6.07, 6.45) is 2.78. The zero-order valence-corrected chi connectivity index (χ0v) is 16.0. The van der Waals surface area contributed by atoms with Crippen molar-refractivity contribution in [3.63, 3.8) is 0 Å². The van der Waals surface area contributed by atoms with E-state index in [-0.39, 0.29) is 24.8 Å². The molecule has 8 nitrogen and oxygen atoms in total. The van der Waals surface area contributed by atoms with Crippen molar-refractivity contribution >= 4 is 11.9 Å². The largest absolute Gasteiger partial charge is 0.454 e. The average molecular weight is 376 g/mol. The molecule has 27 heavy (non-hydrogen) atoms. The maximum atomic E-state index is 12.2. The van der Waals surface area contributed by atoms with Gasteiger partial charge in [-0.1, -0.05) is 6.07 Å². The van der Waals surface area contributed by atoms with Gasteiger partial charge >= 0.3 is 6.03 Å². The lowest BCUT2D eigenvalue weighted by Gasteiger charge is -2.26. The van der Waals surface area contributed by atoms with Crippen molar-refractivity contribution in [1.29, 1.82) is 0 Å². The van der Waals surface area contributed by atoms with Crippen LogP contribution in [0.2, 0.25) is 0 Å². The number of carbonyl (C=O) groups is 2. The van der Waals surface area contributed by atoms with Crippen molar-refractivity contribution < 1.29 is 19.1 Å². The van der Waals surface area contributed by atoms with Crippen LogP contribution in [0.15, 0.2) is 18.2 Å². The minimum Gasteiger partial charge on any atom is -0.454 e. The summed E-state index contributed by atoms with van der Waals surface area (Å²) >= 11 is 0. The molecular weight excluding hydrogens is 348 g/mol. The van der Waals surface area contributed by atoms with Gasteiger partial charge in [0.15, 0.2) is 11.5 Å². The number of carbonyl (C=O) groups excluding carboxylic acids is 2. The molecule has 2 N–H and O–H groups in total. The van der Waals surface area contributed by atoms with Crippen LogP contribution in [0.25, 0.3) is 0 Å².